The molecule has 0 rings (SSSR count). The Morgan fingerprint density at radius 1 is 1.73 bits per heavy atom. The molecule has 1 unspecified atom stereocenters. The van der Waals surface area contributed by atoms with E-state index >= 15 is 0 Å². The molecule has 0 saturated carbocycles. The summed E-state index contributed by atoms with van der Waals surface area (Å²) in [6.07, 6.45) is 0.883. The lowest BCUT2D eigenvalue weighted by Gasteiger charge is -2.09. The highest BCUT2D eigenvalue weighted by molar-refractivity contribution is 4.54. The summed E-state index contributed by atoms with van der Waals surface area (Å²) in [5.74, 6) is 0. The van der Waals surface area contributed by atoms with Crippen LogP contribution in [0, 0.1) is 0 Å². The number of ether oxygens (including phenoxy) is 1. The van der Waals surface area contributed by atoms with E-state index in [1.54, 1.807) is 0 Å². The Bertz CT molecular complexity index is 133. The Hall–Kier alpha value is -0.770. The molecule has 2 N–H and O–H groups in total. The van der Waals surface area contributed by atoms with Crippen LogP contribution in [-0.2, 0) is 4.74 Å². The van der Waals surface area contributed by atoms with Crippen molar-refractivity contribution in [1.82, 2.24) is 0 Å². The molecule has 0 aliphatic carbocycles. The first-order chi connectivity index (χ1) is 5.31. The van der Waals surface area contributed by atoms with Gasteiger partial charge in [-0.2, -0.15) is 0 Å². The Balaban J connectivity index is 3.21. The number of hydrogen-bond donors (Lipinski definition) is 1. The van der Waals surface area contributed by atoms with Crippen LogP contribution in [0.25, 0.3) is 10.4 Å². The van der Waals surface area contributed by atoms with Gasteiger partial charge >= 0.3 is 0 Å². The Morgan fingerprint density at radius 3 is 3.00 bits per heavy atom. The van der Waals surface area contributed by atoms with Crippen molar-refractivity contribution in [3.63, 3.8) is 0 Å². The maximum Gasteiger partial charge on any atom is 0.0592 e. The molecule has 5 heteroatoms. The smallest absolute Gasteiger partial charge is 0.0592 e. The highest BCUT2D eigenvalue weighted by Crippen LogP contribution is 1.96. The van der Waals surface area contributed by atoms with Gasteiger partial charge in [-0.1, -0.05) is 5.11 Å². The molecule has 0 aromatic carbocycles. The van der Waals surface area contributed by atoms with E-state index < -0.39 is 0 Å². The van der Waals surface area contributed by atoms with Gasteiger partial charge in [0.05, 0.1) is 12.7 Å². The van der Waals surface area contributed by atoms with Gasteiger partial charge in [-0.25, -0.2) is 0 Å². The first-order valence-electron chi connectivity index (χ1n) is 3.63. The molecule has 1 atom stereocenters. The lowest BCUT2D eigenvalue weighted by molar-refractivity contribution is 0.0678. The number of rotatable bonds is 6. The third-order valence-electron chi connectivity index (χ3n) is 1.22. The molecule has 0 bridgehead atoms. The van der Waals surface area contributed by atoms with Crippen molar-refractivity contribution in [2.45, 2.75) is 19.4 Å². The summed E-state index contributed by atoms with van der Waals surface area (Å²) in [7, 11) is 0. The summed E-state index contributed by atoms with van der Waals surface area (Å²) in [5.41, 5.74) is 13.2. The monoisotopic (exact) mass is 158 g/mol. The zero-order valence-electron chi connectivity index (χ0n) is 6.73. The van der Waals surface area contributed by atoms with Crippen LogP contribution in [-0.4, -0.2) is 25.8 Å². The van der Waals surface area contributed by atoms with Crippen molar-refractivity contribution in [2.75, 3.05) is 19.7 Å². The molecular weight excluding hydrogens is 144 g/mol. The highest BCUT2D eigenvalue weighted by atomic mass is 16.5. The summed E-state index contributed by atoms with van der Waals surface area (Å²) in [6, 6.07) is 0. The van der Waals surface area contributed by atoms with Gasteiger partial charge in [0.2, 0.25) is 0 Å². The van der Waals surface area contributed by atoms with Crippen LogP contribution < -0.4 is 5.73 Å². The molecule has 0 aliphatic rings. The quantitative estimate of drug-likeness (QED) is 0.356. The second kappa shape index (κ2) is 7.34. The fourth-order valence-corrected chi connectivity index (χ4v) is 0.637. The van der Waals surface area contributed by atoms with Crippen LogP contribution in [0.3, 0.4) is 0 Å². The Labute approximate surface area is 66.2 Å². The summed E-state index contributed by atoms with van der Waals surface area (Å²) < 4.78 is 5.23. The predicted molar refractivity (Wildman–Crippen MR) is 43.1 cm³/mol. The highest BCUT2D eigenvalue weighted by Gasteiger charge is 1.98. The maximum atomic E-state index is 7.95. The summed E-state index contributed by atoms with van der Waals surface area (Å²) in [6.45, 7) is 3.52. The lowest BCUT2D eigenvalue weighted by Crippen LogP contribution is -2.16. The second-order valence-electron chi connectivity index (χ2n) is 2.21. The summed E-state index contributed by atoms with van der Waals surface area (Å²) in [4.78, 5) is 2.63. The van der Waals surface area contributed by atoms with E-state index in [2.05, 4.69) is 10.0 Å². The molecule has 0 aliphatic heterocycles. The Morgan fingerprint density at radius 2 is 2.45 bits per heavy atom. The fourth-order valence-electron chi connectivity index (χ4n) is 0.637. The van der Waals surface area contributed by atoms with Gasteiger partial charge in [-0.05, 0) is 18.9 Å². The van der Waals surface area contributed by atoms with Crippen molar-refractivity contribution < 1.29 is 4.74 Å². The van der Waals surface area contributed by atoms with Gasteiger partial charge in [0.1, 0.15) is 0 Å². The van der Waals surface area contributed by atoms with Crippen LogP contribution in [0.4, 0.5) is 0 Å². The van der Waals surface area contributed by atoms with Crippen molar-refractivity contribution in [3.05, 3.63) is 10.4 Å². The van der Waals surface area contributed by atoms with Gasteiger partial charge < -0.3 is 10.5 Å². The minimum Gasteiger partial charge on any atom is -0.377 e. The molecule has 0 heterocycles. The van der Waals surface area contributed by atoms with E-state index in [0.717, 1.165) is 6.42 Å². The minimum atomic E-state index is 0.129. The second-order valence-corrected chi connectivity index (χ2v) is 2.21. The lowest BCUT2D eigenvalue weighted by atomic mass is 10.3. The molecule has 0 spiro atoms. The van der Waals surface area contributed by atoms with Crippen molar-refractivity contribution in [3.8, 4) is 0 Å². The summed E-state index contributed by atoms with van der Waals surface area (Å²) in [5, 5.41) is 3.39. The normalized spacial score (nSPS) is 12.2. The molecule has 0 amide bonds. The molecule has 0 saturated heterocycles. The van der Waals surface area contributed by atoms with Gasteiger partial charge in [-0.3, -0.25) is 0 Å². The number of azide groups is 1. The van der Waals surface area contributed by atoms with Crippen molar-refractivity contribution >= 4 is 0 Å². The molecular formula is C6H14N4O. The first kappa shape index (κ1) is 10.2. The van der Waals surface area contributed by atoms with E-state index in [-0.39, 0.29) is 6.10 Å². The number of nitrogens with zero attached hydrogens (tertiary/aromatic N) is 3. The molecule has 0 aromatic heterocycles. The third-order valence-corrected chi connectivity index (χ3v) is 1.22. The average Bonchev–Trinajstić information content (AvgIpc) is 2.01. The summed E-state index contributed by atoms with van der Waals surface area (Å²) >= 11 is 0. The van der Waals surface area contributed by atoms with Gasteiger partial charge in [0.15, 0.2) is 0 Å². The Kier molecular flexibility index (Phi) is 6.82. The van der Waals surface area contributed by atoms with Crippen molar-refractivity contribution in [1.29, 1.82) is 0 Å². The van der Waals surface area contributed by atoms with Crippen LogP contribution in [0.15, 0.2) is 5.11 Å². The van der Waals surface area contributed by atoms with Crippen LogP contribution >= 0.6 is 0 Å². The van der Waals surface area contributed by atoms with Crippen LogP contribution in [0.1, 0.15) is 13.3 Å². The van der Waals surface area contributed by atoms with Gasteiger partial charge in [0, 0.05) is 18.0 Å². The molecule has 0 aromatic rings. The van der Waals surface area contributed by atoms with Gasteiger partial charge in [-0.15, -0.1) is 0 Å². The standard InChI is InChI=1S/C6H14N4O/c1-6(11-5-3-7)2-4-9-10-8/h6H,2-5,7H2,1H3. The molecule has 11 heavy (non-hydrogen) atoms. The first-order valence-corrected chi connectivity index (χ1v) is 3.63. The minimum absolute atomic E-state index is 0.129. The predicted octanol–water partition coefficient (Wildman–Crippen LogP) is 1.05. The SMILES string of the molecule is CC(CCN=[N+]=[N-])OCCN. The molecule has 0 radical (unpaired) electrons. The molecule has 0 fully saturated rings. The molecule has 5 nitrogen and oxygen atoms in total. The maximum absolute atomic E-state index is 7.95. The molecule has 64 valence electrons. The number of hydrogen-bond acceptors (Lipinski definition) is 3. The average molecular weight is 158 g/mol. The van der Waals surface area contributed by atoms with Crippen LogP contribution in [0.5, 0.6) is 0 Å². The zero-order valence-corrected chi connectivity index (χ0v) is 6.73. The number of nitrogens with two attached hydrogens (primary N) is 1. The fraction of sp³-hybridized carbons (Fsp3) is 1.00. The van der Waals surface area contributed by atoms with Crippen LogP contribution in [0.2, 0.25) is 0 Å². The van der Waals surface area contributed by atoms with Crippen molar-refractivity contribution in [2.24, 2.45) is 10.8 Å². The zero-order chi connectivity index (χ0) is 8.53. The third kappa shape index (κ3) is 7.12. The van der Waals surface area contributed by atoms with E-state index in [1.165, 1.54) is 0 Å². The van der Waals surface area contributed by atoms with E-state index in [1.807, 2.05) is 6.92 Å². The van der Waals surface area contributed by atoms with Gasteiger partial charge in [0.25, 0.3) is 0 Å². The largest absolute Gasteiger partial charge is 0.377 e. The van der Waals surface area contributed by atoms with E-state index in [9.17, 15) is 0 Å². The topological polar surface area (TPSA) is 84.0 Å². The van der Waals surface area contributed by atoms with E-state index in [4.69, 9.17) is 16.0 Å². The van der Waals surface area contributed by atoms with E-state index in [0.29, 0.717) is 19.7 Å².